The Labute approximate surface area is 262 Å². The van der Waals surface area contributed by atoms with Gasteiger partial charge in [-0.2, -0.15) is 5.10 Å². The van der Waals surface area contributed by atoms with Crippen molar-refractivity contribution in [2.45, 2.75) is 39.5 Å². The van der Waals surface area contributed by atoms with Crippen molar-refractivity contribution in [3.63, 3.8) is 0 Å². The molecule has 3 amide bonds. The van der Waals surface area contributed by atoms with Gasteiger partial charge in [-0.1, -0.05) is 62.7 Å². The van der Waals surface area contributed by atoms with E-state index in [1.54, 1.807) is 17.1 Å². The normalized spacial score (nSPS) is 11.3. The second kappa shape index (κ2) is 13.6. The van der Waals surface area contributed by atoms with Crippen LogP contribution < -0.4 is 20.7 Å². The zero-order chi connectivity index (χ0) is 32.0. The SMILES string of the molecule is COCC(=O)Nc1cnccc1CCOc1ccc(NC(=O)Nc2cc(C(C)(C)C)nn2-c2ccc(C)cc2)c2ccccc12. The van der Waals surface area contributed by atoms with Gasteiger partial charge in [-0.25, -0.2) is 9.48 Å². The summed E-state index contributed by atoms with van der Waals surface area (Å²) in [5, 5.41) is 15.3. The van der Waals surface area contributed by atoms with Crippen molar-refractivity contribution in [1.29, 1.82) is 0 Å². The molecule has 5 aromatic rings. The van der Waals surface area contributed by atoms with Gasteiger partial charge in [-0.05, 0) is 42.8 Å². The number of pyridine rings is 1. The van der Waals surface area contributed by atoms with E-state index < -0.39 is 0 Å². The number of rotatable bonds is 10. The molecule has 5 rings (SSSR count). The predicted molar refractivity (Wildman–Crippen MR) is 178 cm³/mol. The maximum absolute atomic E-state index is 13.3. The molecule has 232 valence electrons. The third-order valence-corrected chi connectivity index (χ3v) is 7.22. The Morgan fingerprint density at radius 2 is 1.64 bits per heavy atom. The molecule has 0 aliphatic heterocycles. The summed E-state index contributed by atoms with van der Waals surface area (Å²) >= 11 is 0. The summed E-state index contributed by atoms with van der Waals surface area (Å²) < 4.78 is 12.9. The van der Waals surface area contributed by atoms with Crippen LogP contribution in [0.5, 0.6) is 5.75 Å². The number of fused-ring (bicyclic) bond motifs is 1. The van der Waals surface area contributed by atoms with Gasteiger partial charge in [0.1, 0.15) is 18.2 Å². The van der Waals surface area contributed by atoms with Crippen molar-refractivity contribution < 1.29 is 19.1 Å². The van der Waals surface area contributed by atoms with Gasteiger partial charge >= 0.3 is 6.03 Å². The van der Waals surface area contributed by atoms with Crippen LogP contribution in [0.15, 0.2) is 85.2 Å². The number of benzene rings is 3. The first-order valence-electron chi connectivity index (χ1n) is 14.7. The highest BCUT2D eigenvalue weighted by atomic mass is 16.5. The second-order valence-electron chi connectivity index (χ2n) is 11.8. The Hall–Kier alpha value is -5.22. The number of ether oxygens (including phenoxy) is 2. The van der Waals surface area contributed by atoms with E-state index in [-0.39, 0.29) is 24.0 Å². The van der Waals surface area contributed by atoms with Gasteiger partial charge in [0.05, 0.1) is 35.6 Å². The summed E-state index contributed by atoms with van der Waals surface area (Å²) in [7, 11) is 1.47. The average molecular weight is 607 g/mol. The Morgan fingerprint density at radius 3 is 2.38 bits per heavy atom. The first-order chi connectivity index (χ1) is 21.6. The zero-order valence-electron chi connectivity index (χ0n) is 26.2. The van der Waals surface area contributed by atoms with E-state index in [0.29, 0.717) is 36.0 Å². The number of hydrogen-bond acceptors (Lipinski definition) is 6. The van der Waals surface area contributed by atoms with E-state index in [4.69, 9.17) is 14.6 Å². The van der Waals surface area contributed by atoms with E-state index in [2.05, 4.69) is 41.7 Å². The van der Waals surface area contributed by atoms with E-state index in [1.807, 2.05) is 79.7 Å². The lowest BCUT2D eigenvalue weighted by atomic mass is 9.92. The van der Waals surface area contributed by atoms with Crippen LogP contribution in [-0.2, 0) is 21.4 Å². The zero-order valence-corrected chi connectivity index (χ0v) is 26.2. The average Bonchev–Trinajstić information content (AvgIpc) is 3.44. The summed E-state index contributed by atoms with van der Waals surface area (Å²) in [6.07, 6.45) is 3.84. The minimum Gasteiger partial charge on any atom is -0.493 e. The molecule has 0 aliphatic rings. The molecule has 2 heterocycles. The molecule has 0 unspecified atom stereocenters. The third kappa shape index (κ3) is 7.66. The van der Waals surface area contributed by atoms with Gasteiger partial charge in [-0.3, -0.25) is 15.1 Å². The molecule has 0 bridgehead atoms. The Bertz CT molecular complexity index is 1810. The number of aryl methyl sites for hydroxylation is 1. The van der Waals surface area contributed by atoms with Crippen LogP contribution in [0.1, 0.15) is 37.6 Å². The molecule has 10 heteroatoms. The van der Waals surface area contributed by atoms with E-state index in [0.717, 1.165) is 33.3 Å². The van der Waals surface area contributed by atoms with Gasteiger partial charge in [0, 0.05) is 42.0 Å². The standard InChI is InChI=1S/C35H38N6O4/c1-23-10-12-25(13-11-23)41-32(20-31(40-41)35(2,3)4)39-34(43)38-28-14-15-30(27-9-7-6-8-26(27)28)45-19-17-24-16-18-36-21-29(24)37-33(42)22-44-5/h6-16,18,20-21H,17,19,22H2,1-5H3,(H,37,42)(H2,38,39,43). The number of carbonyl (C=O) groups is 2. The first-order valence-corrected chi connectivity index (χ1v) is 14.7. The van der Waals surface area contributed by atoms with Crippen molar-refractivity contribution in [1.82, 2.24) is 14.8 Å². The summed E-state index contributed by atoms with van der Waals surface area (Å²) in [4.78, 5) is 29.5. The molecule has 0 saturated heterocycles. The number of anilines is 3. The van der Waals surface area contributed by atoms with Crippen LogP contribution in [0.4, 0.5) is 22.0 Å². The number of nitrogens with zero attached hydrogens (tertiary/aromatic N) is 3. The lowest BCUT2D eigenvalue weighted by Gasteiger charge is -2.15. The first kappa shape index (κ1) is 31.2. The van der Waals surface area contributed by atoms with Crippen molar-refractivity contribution in [2.75, 3.05) is 36.3 Å². The monoisotopic (exact) mass is 606 g/mol. The topological polar surface area (TPSA) is 119 Å². The fraction of sp³-hybridized carbons (Fsp3) is 0.257. The van der Waals surface area contributed by atoms with Crippen molar-refractivity contribution in [3.05, 3.63) is 102 Å². The van der Waals surface area contributed by atoms with Crippen LogP contribution >= 0.6 is 0 Å². The number of methoxy groups -OCH3 is 1. The molecule has 0 fully saturated rings. The molecule has 0 spiro atoms. The molecule has 0 atom stereocenters. The molecule has 0 aliphatic carbocycles. The van der Waals surface area contributed by atoms with Gasteiger partial charge in [0.15, 0.2) is 0 Å². The maximum atomic E-state index is 13.3. The van der Waals surface area contributed by atoms with Crippen molar-refractivity contribution in [3.8, 4) is 11.4 Å². The number of urea groups is 1. The Morgan fingerprint density at radius 1 is 0.889 bits per heavy atom. The smallest absolute Gasteiger partial charge is 0.324 e. The van der Waals surface area contributed by atoms with E-state index in [1.165, 1.54) is 7.11 Å². The molecule has 2 aromatic heterocycles. The van der Waals surface area contributed by atoms with E-state index in [9.17, 15) is 9.59 Å². The van der Waals surface area contributed by atoms with E-state index >= 15 is 0 Å². The van der Waals surface area contributed by atoms with Crippen molar-refractivity contribution in [2.24, 2.45) is 0 Å². The van der Waals surface area contributed by atoms with Crippen LogP contribution in [0, 0.1) is 6.92 Å². The van der Waals surface area contributed by atoms with Crippen molar-refractivity contribution >= 4 is 39.9 Å². The molecule has 0 radical (unpaired) electrons. The lowest BCUT2D eigenvalue weighted by Crippen LogP contribution is -2.21. The number of amides is 3. The van der Waals surface area contributed by atoms with Gasteiger partial charge < -0.3 is 20.1 Å². The molecule has 45 heavy (non-hydrogen) atoms. The molecular formula is C35H38N6O4. The quantitative estimate of drug-likeness (QED) is 0.160. The predicted octanol–water partition coefficient (Wildman–Crippen LogP) is 6.88. The van der Waals surface area contributed by atoms with Crippen LogP contribution in [0.3, 0.4) is 0 Å². The lowest BCUT2D eigenvalue weighted by molar-refractivity contribution is -0.119. The number of aromatic nitrogens is 3. The second-order valence-corrected chi connectivity index (χ2v) is 11.8. The van der Waals surface area contributed by atoms with Gasteiger partial charge in [-0.15, -0.1) is 0 Å². The largest absolute Gasteiger partial charge is 0.493 e. The van der Waals surface area contributed by atoms with Gasteiger partial charge in [0.25, 0.3) is 0 Å². The number of hydrogen-bond donors (Lipinski definition) is 3. The van der Waals surface area contributed by atoms with Crippen LogP contribution in [0.2, 0.25) is 0 Å². The molecule has 3 N–H and O–H groups in total. The number of carbonyl (C=O) groups excluding carboxylic acids is 2. The van der Waals surface area contributed by atoms with Crippen LogP contribution in [0.25, 0.3) is 16.5 Å². The summed E-state index contributed by atoms with van der Waals surface area (Å²) in [6.45, 7) is 8.63. The summed E-state index contributed by atoms with van der Waals surface area (Å²) in [5.41, 5.74) is 4.82. The third-order valence-electron chi connectivity index (χ3n) is 7.22. The highest BCUT2D eigenvalue weighted by Gasteiger charge is 2.22. The molecule has 10 nitrogen and oxygen atoms in total. The Kier molecular flexibility index (Phi) is 9.44. The van der Waals surface area contributed by atoms with Gasteiger partial charge in [0.2, 0.25) is 5.91 Å². The Balaban J connectivity index is 1.31. The fourth-order valence-electron chi connectivity index (χ4n) is 4.84. The highest BCUT2D eigenvalue weighted by molar-refractivity contribution is 6.07. The molecular weight excluding hydrogens is 568 g/mol. The minimum absolute atomic E-state index is 0.0381. The van der Waals surface area contributed by atoms with Crippen LogP contribution in [-0.4, -0.2) is 47.0 Å². The maximum Gasteiger partial charge on any atom is 0.324 e. The fourth-order valence-corrected chi connectivity index (χ4v) is 4.84. The summed E-state index contributed by atoms with van der Waals surface area (Å²) in [5.74, 6) is 1.00. The summed E-state index contributed by atoms with van der Waals surface area (Å²) in [6, 6.07) is 22.8. The molecule has 3 aromatic carbocycles. The molecule has 0 saturated carbocycles. The number of nitrogens with one attached hydrogen (secondary N) is 3. The highest BCUT2D eigenvalue weighted by Crippen LogP contribution is 2.32. The minimum atomic E-state index is -0.386.